The first-order valence-corrected chi connectivity index (χ1v) is 9.86. The first-order valence-electron chi connectivity index (χ1n) is 9.86. The zero-order valence-corrected chi connectivity index (χ0v) is 15.5. The van der Waals surface area contributed by atoms with Gasteiger partial charge in [0.1, 0.15) is 11.4 Å². The highest BCUT2D eigenvalue weighted by Gasteiger charge is 2.74. The Morgan fingerprint density at radius 2 is 1.86 bits per heavy atom. The van der Waals surface area contributed by atoms with Gasteiger partial charge in [-0.15, -0.1) is 0 Å². The molecule has 6 rings (SSSR count). The first-order chi connectivity index (χ1) is 14.0. The van der Waals surface area contributed by atoms with Gasteiger partial charge in [-0.3, -0.25) is 19.3 Å². The van der Waals surface area contributed by atoms with Gasteiger partial charge in [0.15, 0.2) is 0 Å². The Morgan fingerprint density at radius 3 is 2.69 bits per heavy atom. The Bertz CT molecular complexity index is 1100. The van der Waals surface area contributed by atoms with Crippen LogP contribution in [0, 0.1) is 17.7 Å². The predicted octanol–water partition coefficient (Wildman–Crippen LogP) is 2.26. The third kappa shape index (κ3) is 1.86. The average Bonchev–Trinajstić information content (AvgIpc) is 3.40. The van der Waals surface area contributed by atoms with E-state index in [0.717, 1.165) is 23.3 Å². The van der Waals surface area contributed by atoms with Crippen LogP contribution in [0.3, 0.4) is 0 Å². The van der Waals surface area contributed by atoms with E-state index in [9.17, 15) is 18.8 Å². The highest BCUT2D eigenvalue weighted by atomic mass is 19.1. The van der Waals surface area contributed by atoms with Crippen LogP contribution in [-0.4, -0.2) is 35.2 Å². The molecule has 2 aromatic rings. The molecule has 4 atom stereocenters. The molecule has 0 aliphatic carbocycles. The van der Waals surface area contributed by atoms with Crippen molar-refractivity contribution in [1.29, 1.82) is 0 Å². The van der Waals surface area contributed by atoms with Crippen molar-refractivity contribution in [3.63, 3.8) is 0 Å². The SMILES string of the molecule is O=C1[C@@H]2[C@H]3CCCN3[C@@]3(C(=O)Nc4ccccc43)[C@H]2C(=O)N1c1cccc(F)c1. The molecule has 3 fully saturated rings. The minimum atomic E-state index is -1.18. The summed E-state index contributed by atoms with van der Waals surface area (Å²) >= 11 is 0. The van der Waals surface area contributed by atoms with Gasteiger partial charge in [0, 0.05) is 17.3 Å². The van der Waals surface area contributed by atoms with Crippen LogP contribution < -0.4 is 10.2 Å². The Morgan fingerprint density at radius 1 is 1.03 bits per heavy atom. The van der Waals surface area contributed by atoms with E-state index in [0.29, 0.717) is 12.2 Å². The van der Waals surface area contributed by atoms with Gasteiger partial charge in [0.2, 0.25) is 17.7 Å². The molecule has 7 heteroatoms. The average molecular weight is 391 g/mol. The summed E-state index contributed by atoms with van der Waals surface area (Å²) in [4.78, 5) is 43.6. The molecule has 0 radical (unpaired) electrons. The second kappa shape index (κ2) is 5.51. The normalized spacial score (nSPS) is 32.7. The number of imide groups is 1. The van der Waals surface area contributed by atoms with Crippen molar-refractivity contribution in [3.8, 4) is 0 Å². The fraction of sp³-hybridized carbons (Fsp3) is 0.318. The molecule has 0 unspecified atom stereocenters. The molecule has 3 saturated heterocycles. The quantitative estimate of drug-likeness (QED) is 0.757. The minimum Gasteiger partial charge on any atom is -0.324 e. The van der Waals surface area contributed by atoms with E-state index in [1.807, 2.05) is 24.3 Å². The summed E-state index contributed by atoms with van der Waals surface area (Å²) in [5.74, 6) is -2.94. The summed E-state index contributed by atoms with van der Waals surface area (Å²) < 4.78 is 13.8. The number of carbonyl (C=O) groups excluding carboxylic acids is 3. The number of fused-ring (bicyclic) bond motifs is 7. The monoisotopic (exact) mass is 391 g/mol. The van der Waals surface area contributed by atoms with Gasteiger partial charge in [-0.05, 0) is 43.7 Å². The van der Waals surface area contributed by atoms with Crippen LogP contribution >= 0.6 is 0 Å². The summed E-state index contributed by atoms with van der Waals surface area (Å²) in [6, 6.07) is 12.7. The van der Waals surface area contributed by atoms with Gasteiger partial charge in [-0.25, -0.2) is 9.29 Å². The van der Waals surface area contributed by atoms with Crippen LogP contribution in [0.4, 0.5) is 15.8 Å². The maximum absolute atomic E-state index is 13.8. The summed E-state index contributed by atoms with van der Waals surface area (Å²) in [7, 11) is 0. The van der Waals surface area contributed by atoms with E-state index in [-0.39, 0.29) is 23.5 Å². The number of benzene rings is 2. The molecule has 4 heterocycles. The van der Waals surface area contributed by atoms with Crippen molar-refractivity contribution in [3.05, 3.63) is 59.9 Å². The maximum Gasteiger partial charge on any atom is 0.250 e. The molecule has 0 aromatic heterocycles. The number of amides is 3. The highest BCUT2D eigenvalue weighted by molar-refractivity contribution is 6.25. The summed E-state index contributed by atoms with van der Waals surface area (Å²) in [5.41, 5.74) is 0.484. The highest BCUT2D eigenvalue weighted by Crippen LogP contribution is 2.60. The second-order valence-corrected chi connectivity index (χ2v) is 8.16. The Balaban J connectivity index is 1.56. The lowest BCUT2D eigenvalue weighted by Crippen LogP contribution is -2.54. The fourth-order valence-corrected chi connectivity index (χ4v) is 6.03. The Hall–Kier alpha value is -3.06. The van der Waals surface area contributed by atoms with Gasteiger partial charge in [0.05, 0.1) is 17.5 Å². The third-order valence-corrected chi connectivity index (χ3v) is 6.97. The molecule has 0 saturated carbocycles. The van der Waals surface area contributed by atoms with Crippen LogP contribution in [0.2, 0.25) is 0 Å². The molecular formula is C22H18FN3O3. The molecule has 0 bridgehead atoms. The number of halogens is 1. The molecule has 1 N–H and O–H groups in total. The lowest BCUT2D eigenvalue weighted by atomic mass is 9.75. The number of hydrogen-bond acceptors (Lipinski definition) is 4. The van der Waals surface area contributed by atoms with E-state index < -0.39 is 29.1 Å². The smallest absolute Gasteiger partial charge is 0.250 e. The zero-order chi connectivity index (χ0) is 19.9. The van der Waals surface area contributed by atoms with Crippen molar-refractivity contribution in [2.45, 2.75) is 24.4 Å². The Labute approximate surface area is 166 Å². The molecule has 1 spiro atoms. The van der Waals surface area contributed by atoms with E-state index >= 15 is 0 Å². The number of rotatable bonds is 1. The lowest BCUT2D eigenvalue weighted by molar-refractivity contribution is -0.135. The molecule has 4 aliphatic rings. The first kappa shape index (κ1) is 16.9. The van der Waals surface area contributed by atoms with Crippen molar-refractivity contribution < 1.29 is 18.8 Å². The van der Waals surface area contributed by atoms with E-state index in [2.05, 4.69) is 10.2 Å². The van der Waals surface area contributed by atoms with Crippen LogP contribution in [0.1, 0.15) is 18.4 Å². The number of nitrogens with one attached hydrogen (secondary N) is 1. The van der Waals surface area contributed by atoms with Crippen LogP contribution in [0.15, 0.2) is 48.5 Å². The lowest BCUT2D eigenvalue weighted by Gasteiger charge is -2.36. The number of carbonyl (C=O) groups is 3. The van der Waals surface area contributed by atoms with E-state index in [1.54, 1.807) is 6.07 Å². The van der Waals surface area contributed by atoms with Gasteiger partial charge < -0.3 is 5.32 Å². The zero-order valence-electron chi connectivity index (χ0n) is 15.5. The van der Waals surface area contributed by atoms with Gasteiger partial charge in [-0.1, -0.05) is 24.3 Å². The molecular weight excluding hydrogens is 373 g/mol. The largest absolute Gasteiger partial charge is 0.324 e. The molecule has 2 aromatic carbocycles. The molecule has 146 valence electrons. The fourth-order valence-electron chi connectivity index (χ4n) is 6.03. The second-order valence-electron chi connectivity index (χ2n) is 8.16. The van der Waals surface area contributed by atoms with E-state index in [1.165, 1.54) is 18.2 Å². The molecule has 6 nitrogen and oxygen atoms in total. The number of hydrogen-bond donors (Lipinski definition) is 1. The summed E-state index contributed by atoms with van der Waals surface area (Å²) in [6.45, 7) is 0.667. The topological polar surface area (TPSA) is 69.7 Å². The molecule has 4 aliphatic heterocycles. The van der Waals surface area contributed by atoms with Gasteiger partial charge in [-0.2, -0.15) is 0 Å². The van der Waals surface area contributed by atoms with Crippen molar-refractivity contribution in [2.24, 2.45) is 11.8 Å². The number of nitrogens with zero attached hydrogens (tertiary/aromatic N) is 2. The minimum absolute atomic E-state index is 0.174. The van der Waals surface area contributed by atoms with Crippen molar-refractivity contribution in [1.82, 2.24) is 4.90 Å². The van der Waals surface area contributed by atoms with Crippen LogP contribution in [-0.2, 0) is 19.9 Å². The molecule has 3 amide bonds. The molecule has 29 heavy (non-hydrogen) atoms. The Kier molecular flexibility index (Phi) is 3.20. The van der Waals surface area contributed by atoms with Crippen LogP contribution in [0.25, 0.3) is 0 Å². The predicted molar refractivity (Wildman–Crippen MR) is 102 cm³/mol. The van der Waals surface area contributed by atoms with E-state index in [4.69, 9.17) is 0 Å². The van der Waals surface area contributed by atoms with Gasteiger partial charge in [0.25, 0.3) is 0 Å². The third-order valence-electron chi connectivity index (χ3n) is 6.97. The summed E-state index contributed by atoms with van der Waals surface area (Å²) in [6.07, 6.45) is 1.63. The number of para-hydroxylation sites is 1. The van der Waals surface area contributed by atoms with Gasteiger partial charge >= 0.3 is 0 Å². The summed E-state index contributed by atoms with van der Waals surface area (Å²) in [5, 5.41) is 2.93. The van der Waals surface area contributed by atoms with Crippen molar-refractivity contribution >= 4 is 29.1 Å². The van der Waals surface area contributed by atoms with Crippen molar-refractivity contribution in [2.75, 3.05) is 16.8 Å². The number of anilines is 2. The standard InChI is InChI=1S/C22H18FN3O3/c23-12-5-3-6-13(11-12)26-19(27)17-16-9-4-10-25(16)22(18(17)20(26)28)14-7-1-2-8-15(14)24-21(22)29/h1-3,5-8,11,16-18H,4,9-10H2,(H,24,29)/t16-,17-,18-,22-/m1/s1. The van der Waals surface area contributed by atoms with Crippen LogP contribution in [0.5, 0.6) is 0 Å². The maximum atomic E-state index is 13.8.